The van der Waals surface area contributed by atoms with E-state index in [0.717, 1.165) is 22.2 Å². The predicted molar refractivity (Wildman–Crippen MR) is 119 cm³/mol. The number of nitrogens with one attached hydrogen (secondary N) is 1. The van der Waals surface area contributed by atoms with Gasteiger partial charge < -0.3 is 19.5 Å². The zero-order chi connectivity index (χ0) is 21.4. The number of fused-ring (bicyclic) bond motifs is 2. The van der Waals surface area contributed by atoms with Crippen molar-refractivity contribution >= 4 is 22.5 Å². The van der Waals surface area contributed by atoms with Crippen molar-refractivity contribution in [3.63, 3.8) is 0 Å². The molecule has 0 aliphatic carbocycles. The largest absolute Gasteiger partial charge is 0.496 e. The highest BCUT2D eigenvalue weighted by molar-refractivity contribution is 6.06. The van der Waals surface area contributed by atoms with Gasteiger partial charge in [0.05, 0.1) is 18.3 Å². The number of rotatable bonds is 4. The molecule has 31 heavy (non-hydrogen) atoms. The number of nitrogens with zero attached hydrogens (tertiary/aromatic N) is 1. The molecule has 1 aromatic heterocycles. The first kappa shape index (κ1) is 18.9. The molecule has 4 aromatic rings. The normalized spacial score (nSPS) is 12.1. The molecule has 0 saturated heterocycles. The lowest BCUT2D eigenvalue weighted by Crippen LogP contribution is -2.11. The third kappa shape index (κ3) is 3.64. The van der Waals surface area contributed by atoms with E-state index in [-0.39, 0.29) is 12.7 Å². The van der Waals surface area contributed by atoms with Gasteiger partial charge in [-0.3, -0.25) is 4.79 Å². The first-order chi connectivity index (χ1) is 15.1. The quantitative estimate of drug-likeness (QED) is 0.499. The van der Waals surface area contributed by atoms with Gasteiger partial charge in [-0.1, -0.05) is 29.8 Å². The standard InChI is InChI=1S/C25H20N2O4/c1-15-3-5-16(6-4-15)21-13-23(29-2)19-12-18(8-9-20(19)27-21)26-25(28)17-7-10-22-24(11-17)31-14-30-22/h3-13H,14H2,1-2H3,(H,26,28). The van der Waals surface area contributed by atoms with Crippen molar-refractivity contribution in [1.29, 1.82) is 0 Å². The van der Waals surface area contributed by atoms with Crippen LogP contribution in [0.5, 0.6) is 17.2 Å². The van der Waals surface area contributed by atoms with E-state index in [1.54, 1.807) is 25.3 Å². The van der Waals surface area contributed by atoms with Crippen molar-refractivity contribution in [2.24, 2.45) is 0 Å². The number of carbonyl (C=O) groups is 1. The van der Waals surface area contributed by atoms with E-state index in [4.69, 9.17) is 19.2 Å². The molecule has 0 bridgehead atoms. The average molecular weight is 412 g/mol. The van der Waals surface area contributed by atoms with Crippen LogP contribution in [0.25, 0.3) is 22.2 Å². The molecule has 0 radical (unpaired) electrons. The van der Waals surface area contributed by atoms with Gasteiger partial charge in [0.25, 0.3) is 5.91 Å². The molecule has 6 heteroatoms. The monoisotopic (exact) mass is 412 g/mol. The van der Waals surface area contributed by atoms with Crippen LogP contribution in [-0.2, 0) is 0 Å². The fraction of sp³-hybridized carbons (Fsp3) is 0.120. The van der Waals surface area contributed by atoms with Gasteiger partial charge >= 0.3 is 0 Å². The van der Waals surface area contributed by atoms with Crippen LogP contribution < -0.4 is 19.5 Å². The van der Waals surface area contributed by atoms with Crippen LogP contribution in [0.2, 0.25) is 0 Å². The number of aryl methyl sites for hydroxylation is 1. The number of hydrogen-bond acceptors (Lipinski definition) is 5. The minimum Gasteiger partial charge on any atom is -0.496 e. The smallest absolute Gasteiger partial charge is 0.255 e. The zero-order valence-corrected chi connectivity index (χ0v) is 17.1. The minimum atomic E-state index is -0.235. The lowest BCUT2D eigenvalue weighted by Gasteiger charge is -2.11. The van der Waals surface area contributed by atoms with Gasteiger partial charge in [0.1, 0.15) is 5.75 Å². The first-order valence-electron chi connectivity index (χ1n) is 9.87. The summed E-state index contributed by atoms with van der Waals surface area (Å²) in [6.45, 7) is 2.22. The van der Waals surface area contributed by atoms with Crippen LogP contribution in [0.1, 0.15) is 15.9 Å². The molecule has 2 heterocycles. The molecule has 1 N–H and O–H groups in total. The van der Waals surface area contributed by atoms with Crippen molar-refractivity contribution in [3.8, 4) is 28.5 Å². The molecule has 0 unspecified atom stereocenters. The molecule has 0 atom stereocenters. The van der Waals surface area contributed by atoms with Crippen LogP contribution in [0.15, 0.2) is 66.7 Å². The highest BCUT2D eigenvalue weighted by Crippen LogP contribution is 2.34. The maximum Gasteiger partial charge on any atom is 0.255 e. The Hall–Kier alpha value is -4.06. The van der Waals surface area contributed by atoms with Gasteiger partial charge in [0.2, 0.25) is 6.79 Å². The van der Waals surface area contributed by atoms with E-state index in [2.05, 4.69) is 24.4 Å². The van der Waals surface area contributed by atoms with Crippen molar-refractivity contribution in [1.82, 2.24) is 4.98 Å². The number of amides is 1. The lowest BCUT2D eigenvalue weighted by molar-refractivity contribution is 0.102. The Bertz CT molecular complexity index is 1300. The second kappa shape index (κ2) is 7.65. The lowest BCUT2D eigenvalue weighted by atomic mass is 10.1. The summed E-state index contributed by atoms with van der Waals surface area (Å²) in [6, 6.07) is 20.8. The van der Waals surface area contributed by atoms with Crippen LogP contribution in [0, 0.1) is 6.92 Å². The van der Waals surface area contributed by atoms with E-state index in [1.807, 2.05) is 36.4 Å². The second-order valence-electron chi connectivity index (χ2n) is 7.33. The predicted octanol–water partition coefficient (Wildman–Crippen LogP) is 5.20. The number of pyridine rings is 1. The Labute approximate surface area is 179 Å². The first-order valence-corrected chi connectivity index (χ1v) is 9.87. The second-order valence-corrected chi connectivity index (χ2v) is 7.33. The Kier molecular flexibility index (Phi) is 4.67. The van der Waals surface area contributed by atoms with Crippen molar-refractivity contribution in [2.75, 3.05) is 19.2 Å². The van der Waals surface area contributed by atoms with E-state index >= 15 is 0 Å². The Morgan fingerprint density at radius 2 is 1.77 bits per heavy atom. The average Bonchev–Trinajstić information content (AvgIpc) is 3.27. The molecule has 0 saturated carbocycles. The van der Waals surface area contributed by atoms with E-state index in [0.29, 0.717) is 28.5 Å². The fourth-order valence-electron chi connectivity index (χ4n) is 3.55. The van der Waals surface area contributed by atoms with Crippen LogP contribution in [0.3, 0.4) is 0 Å². The summed E-state index contributed by atoms with van der Waals surface area (Å²) < 4.78 is 16.3. The summed E-state index contributed by atoms with van der Waals surface area (Å²) in [5, 5.41) is 3.75. The van der Waals surface area contributed by atoms with E-state index < -0.39 is 0 Å². The molecule has 0 fully saturated rings. The van der Waals surface area contributed by atoms with Crippen LogP contribution >= 0.6 is 0 Å². The van der Waals surface area contributed by atoms with Crippen molar-refractivity contribution in [2.45, 2.75) is 6.92 Å². The number of aromatic nitrogens is 1. The van der Waals surface area contributed by atoms with Crippen molar-refractivity contribution in [3.05, 3.63) is 77.9 Å². The van der Waals surface area contributed by atoms with E-state index in [1.165, 1.54) is 5.56 Å². The highest BCUT2D eigenvalue weighted by atomic mass is 16.7. The summed E-state index contributed by atoms with van der Waals surface area (Å²) in [7, 11) is 1.63. The minimum absolute atomic E-state index is 0.169. The third-order valence-corrected chi connectivity index (χ3v) is 5.23. The number of ether oxygens (including phenoxy) is 3. The summed E-state index contributed by atoms with van der Waals surface area (Å²) in [6.07, 6.45) is 0. The molecule has 0 spiro atoms. The van der Waals surface area contributed by atoms with Gasteiger partial charge in [-0.05, 0) is 43.3 Å². The molecular formula is C25H20N2O4. The molecule has 1 aliphatic heterocycles. The molecule has 3 aromatic carbocycles. The summed E-state index contributed by atoms with van der Waals surface area (Å²) >= 11 is 0. The summed E-state index contributed by atoms with van der Waals surface area (Å²) in [5.41, 5.74) is 4.98. The van der Waals surface area contributed by atoms with Crippen LogP contribution in [-0.4, -0.2) is 24.8 Å². The Balaban J connectivity index is 1.46. The number of carbonyl (C=O) groups excluding carboxylic acids is 1. The molecule has 154 valence electrons. The Morgan fingerprint density at radius 1 is 0.968 bits per heavy atom. The fourth-order valence-corrected chi connectivity index (χ4v) is 3.55. The maximum absolute atomic E-state index is 12.7. The third-order valence-electron chi connectivity index (χ3n) is 5.23. The molecule has 1 aliphatic rings. The highest BCUT2D eigenvalue weighted by Gasteiger charge is 2.17. The number of methoxy groups -OCH3 is 1. The topological polar surface area (TPSA) is 69.7 Å². The van der Waals surface area contributed by atoms with Gasteiger partial charge in [0.15, 0.2) is 11.5 Å². The number of anilines is 1. The molecule has 1 amide bonds. The number of benzene rings is 3. The van der Waals surface area contributed by atoms with Gasteiger partial charge in [0, 0.05) is 28.3 Å². The zero-order valence-electron chi connectivity index (χ0n) is 17.1. The molecular weight excluding hydrogens is 392 g/mol. The number of hydrogen-bond donors (Lipinski definition) is 1. The SMILES string of the molecule is COc1cc(-c2ccc(C)cc2)nc2ccc(NC(=O)c3ccc4c(c3)OCO4)cc12. The van der Waals surface area contributed by atoms with Gasteiger partial charge in [-0.2, -0.15) is 0 Å². The van der Waals surface area contributed by atoms with Gasteiger partial charge in [-0.25, -0.2) is 4.98 Å². The maximum atomic E-state index is 12.7. The molecule has 6 nitrogen and oxygen atoms in total. The van der Waals surface area contributed by atoms with Gasteiger partial charge in [-0.15, -0.1) is 0 Å². The summed E-state index contributed by atoms with van der Waals surface area (Å²) in [4.78, 5) is 17.5. The summed E-state index contributed by atoms with van der Waals surface area (Å²) in [5.74, 6) is 1.67. The van der Waals surface area contributed by atoms with E-state index in [9.17, 15) is 4.79 Å². The Morgan fingerprint density at radius 3 is 2.58 bits per heavy atom. The van der Waals surface area contributed by atoms with Crippen molar-refractivity contribution < 1.29 is 19.0 Å². The molecule has 5 rings (SSSR count). The van der Waals surface area contributed by atoms with Crippen LogP contribution in [0.4, 0.5) is 5.69 Å².